The summed E-state index contributed by atoms with van der Waals surface area (Å²) in [6, 6.07) is 17.9. The Bertz CT molecular complexity index is 1200. The first-order chi connectivity index (χ1) is 14.7. The number of aryl methyl sites for hydroxylation is 2. The lowest BCUT2D eigenvalue weighted by Crippen LogP contribution is -2.45. The van der Waals surface area contributed by atoms with Gasteiger partial charge in [-0.2, -0.15) is 4.72 Å². The molecule has 3 aromatic carbocycles. The average molecular weight is 477 g/mol. The van der Waals surface area contributed by atoms with Gasteiger partial charge in [-0.15, -0.1) is 0 Å². The molecular formula is C23H22Cl2N2O3S. The van der Waals surface area contributed by atoms with E-state index in [0.29, 0.717) is 5.69 Å². The van der Waals surface area contributed by atoms with E-state index in [2.05, 4.69) is 10.0 Å². The van der Waals surface area contributed by atoms with Gasteiger partial charge in [0.2, 0.25) is 15.9 Å². The van der Waals surface area contributed by atoms with Crippen molar-refractivity contribution in [3.05, 3.63) is 93.5 Å². The second-order valence-electron chi connectivity index (χ2n) is 7.25. The van der Waals surface area contributed by atoms with E-state index in [4.69, 9.17) is 23.2 Å². The Morgan fingerprint density at radius 1 is 0.968 bits per heavy atom. The van der Waals surface area contributed by atoms with Crippen LogP contribution in [0.2, 0.25) is 10.0 Å². The fourth-order valence-electron chi connectivity index (χ4n) is 3.15. The highest BCUT2D eigenvalue weighted by atomic mass is 35.5. The third-order valence-corrected chi connectivity index (χ3v) is 6.91. The molecule has 0 heterocycles. The van der Waals surface area contributed by atoms with Crippen molar-refractivity contribution in [1.82, 2.24) is 4.72 Å². The fourth-order valence-corrected chi connectivity index (χ4v) is 5.10. The Balaban J connectivity index is 1.92. The van der Waals surface area contributed by atoms with Crippen molar-refractivity contribution < 1.29 is 13.2 Å². The third-order valence-electron chi connectivity index (χ3n) is 4.72. The van der Waals surface area contributed by atoms with Crippen LogP contribution in [-0.4, -0.2) is 20.4 Å². The van der Waals surface area contributed by atoms with E-state index >= 15 is 0 Å². The van der Waals surface area contributed by atoms with E-state index in [-0.39, 0.29) is 21.4 Å². The van der Waals surface area contributed by atoms with Crippen LogP contribution in [0.15, 0.2) is 71.6 Å². The summed E-state index contributed by atoms with van der Waals surface area (Å²) < 4.78 is 28.6. The molecule has 3 rings (SSSR count). The van der Waals surface area contributed by atoms with E-state index in [9.17, 15) is 13.2 Å². The molecule has 8 heteroatoms. The van der Waals surface area contributed by atoms with Gasteiger partial charge in [-0.05, 0) is 55.7 Å². The number of carbonyl (C=O) groups excluding carboxylic acids is 1. The molecule has 1 atom stereocenters. The number of hydrogen-bond donors (Lipinski definition) is 2. The first-order valence-electron chi connectivity index (χ1n) is 9.55. The quantitative estimate of drug-likeness (QED) is 0.495. The van der Waals surface area contributed by atoms with Gasteiger partial charge in [0.25, 0.3) is 0 Å². The molecule has 0 fully saturated rings. The van der Waals surface area contributed by atoms with Crippen molar-refractivity contribution >= 4 is 44.8 Å². The molecule has 3 aromatic rings. The predicted octanol–water partition coefficient (Wildman–Crippen LogP) is 5.14. The minimum Gasteiger partial charge on any atom is -0.324 e. The summed E-state index contributed by atoms with van der Waals surface area (Å²) >= 11 is 12.1. The van der Waals surface area contributed by atoms with Gasteiger partial charge in [-0.1, -0.05) is 71.2 Å². The maximum Gasteiger partial charge on any atom is 0.242 e. The largest absolute Gasteiger partial charge is 0.324 e. The Hall–Kier alpha value is -2.38. The normalized spacial score (nSPS) is 12.4. The topological polar surface area (TPSA) is 75.3 Å². The number of sulfonamides is 1. The van der Waals surface area contributed by atoms with Gasteiger partial charge >= 0.3 is 0 Å². The Morgan fingerprint density at radius 3 is 2.35 bits per heavy atom. The fraction of sp³-hybridized carbons (Fsp3) is 0.174. The van der Waals surface area contributed by atoms with E-state index in [1.54, 1.807) is 6.07 Å². The van der Waals surface area contributed by atoms with Crippen LogP contribution in [0.1, 0.15) is 16.7 Å². The van der Waals surface area contributed by atoms with Crippen LogP contribution in [-0.2, 0) is 21.2 Å². The van der Waals surface area contributed by atoms with Gasteiger partial charge in [-0.3, -0.25) is 4.79 Å². The number of halogens is 2. The highest BCUT2D eigenvalue weighted by Gasteiger charge is 2.28. The van der Waals surface area contributed by atoms with Gasteiger partial charge in [0.15, 0.2) is 0 Å². The SMILES string of the molecule is Cc1ccc(NC(=O)[C@@H](Cc2ccccc2)NS(=O)(=O)c2cc(Cl)ccc2Cl)c(C)c1. The van der Waals surface area contributed by atoms with Crippen molar-refractivity contribution in [2.45, 2.75) is 31.2 Å². The van der Waals surface area contributed by atoms with Crippen molar-refractivity contribution in [2.24, 2.45) is 0 Å². The Morgan fingerprint density at radius 2 is 1.68 bits per heavy atom. The monoisotopic (exact) mass is 476 g/mol. The van der Waals surface area contributed by atoms with Gasteiger partial charge in [0.1, 0.15) is 10.9 Å². The van der Waals surface area contributed by atoms with Crippen molar-refractivity contribution in [3.63, 3.8) is 0 Å². The minimum atomic E-state index is -4.11. The summed E-state index contributed by atoms with van der Waals surface area (Å²) in [7, 11) is -4.11. The summed E-state index contributed by atoms with van der Waals surface area (Å²) in [5.74, 6) is -0.475. The second-order valence-corrected chi connectivity index (χ2v) is 9.77. The number of benzene rings is 3. The zero-order valence-corrected chi connectivity index (χ0v) is 19.4. The number of anilines is 1. The highest BCUT2D eigenvalue weighted by molar-refractivity contribution is 7.89. The molecule has 162 valence electrons. The number of hydrogen-bond acceptors (Lipinski definition) is 3. The smallest absolute Gasteiger partial charge is 0.242 e. The van der Waals surface area contributed by atoms with Crippen molar-refractivity contribution in [3.8, 4) is 0 Å². The van der Waals surface area contributed by atoms with Crippen LogP contribution in [0.25, 0.3) is 0 Å². The maximum atomic E-state index is 13.1. The molecule has 0 unspecified atom stereocenters. The van der Waals surface area contributed by atoms with Crippen LogP contribution < -0.4 is 10.0 Å². The maximum absolute atomic E-state index is 13.1. The van der Waals surface area contributed by atoms with Crippen LogP contribution in [0.4, 0.5) is 5.69 Å². The van der Waals surface area contributed by atoms with Gasteiger partial charge in [0, 0.05) is 10.7 Å². The zero-order chi connectivity index (χ0) is 22.6. The summed E-state index contributed by atoms with van der Waals surface area (Å²) in [5.41, 5.74) is 3.37. The van der Waals surface area contributed by atoms with Crippen LogP contribution in [0.3, 0.4) is 0 Å². The van der Waals surface area contributed by atoms with Crippen LogP contribution in [0, 0.1) is 13.8 Å². The number of amides is 1. The Labute approximate surface area is 192 Å². The predicted molar refractivity (Wildman–Crippen MR) is 125 cm³/mol. The van der Waals surface area contributed by atoms with Gasteiger partial charge in [0.05, 0.1) is 5.02 Å². The molecular weight excluding hydrogens is 455 g/mol. The van der Waals surface area contributed by atoms with Gasteiger partial charge in [-0.25, -0.2) is 8.42 Å². The van der Waals surface area contributed by atoms with E-state index in [0.717, 1.165) is 16.7 Å². The number of rotatable bonds is 7. The molecule has 0 radical (unpaired) electrons. The first kappa shape index (κ1) is 23.3. The molecule has 0 aliphatic carbocycles. The molecule has 5 nitrogen and oxygen atoms in total. The van der Waals surface area contributed by atoms with Crippen molar-refractivity contribution in [1.29, 1.82) is 0 Å². The van der Waals surface area contributed by atoms with E-state index in [1.807, 2.05) is 56.3 Å². The average Bonchev–Trinajstić information content (AvgIpc) is 2.72. The molecule has 0 aliphatic rings. The Kier molecular flexibility index (Phi) is 7.38. The lowest BCUT2D eigenvalue weighted by atomic mass is 10.1. The summed E-state index contributed by atoms with van der Waals surface area (Å²) in [6.07, 6.45) is 0.162. The number of nitrogens with one attached hydrogen (secondary N) is 2. The van der Waals surface area contributed by atoms with E-state index in [1.165, 1.54) is 18.2 Å². The minimum absolute atomic E-state index is 0.0187. The van der Waals surface area contributed by atoms with Gasteiger partial charge < -0.3 is 5.32 Å². The highest BCUT2D eigenvalue weighted by Crippen LogP contribution is 2.25. The molecule has 0 spiro atoms. The second kappa shape index (κ2) is 9.83. The van der Waals surface area contributed by atoms with E-state index < -0.39 is 22.0 Å². The van der Waals surface area contributed by atoms with Crippen LogP contribution >= 0.6 is 23.2 Å². The van der Waals surface area contributed by atoms with Crippen LogP contribution in [0.5, 0.6) is 0 Å². The molecule has 0 aliphatic heterocycles. The molecule has 1 amide bonds. The lowest BCUT2D eigenvalue weighted by molar-refractivity contribution is -0.117. The summed E-state index contributed by atoms with van der Waals surface area (Å²) in [5, 5.41) is 3.08. The summed E-state index contributed by atoms with van der Waals surface area (Å²) in [4.78, 5) is 12.9. The summed E-state index contributed by atoms with van der Waals surface area (Å²) in [6.45, 7) is 3.84. The third kappa shape index (κ3) is 6.08. The number of carbonyl (C=O) groups is 1. The molecule has 0 aromatic heterocycles. The molecule has 31 heavy (non-hydrogen) atoms. The molecule has 0 saturated carbocycles. The standard InChI is InChI=1S/C23H22Cl2N2O3S/c1-15-8-11-20(16(2)12-15)26-23(28)21(13-17-6-4-3-5-7-17)27-31(29,30)22-14-18(24)9-10-19(22)25/h3-12,14,21,27H,13H2,1-2H3,(H,26,28)/t21-/m1/s1. The molecule has 0 saturated heterocycles. The zero-order valence-electron chi connectivity index (χ0n) is 17.0. The van der Waals surface area contributed by atoms with Crippen molar-refractivity contribution in [2.75, 3.05) is 5.32 Å². The first-order valence-corrected chi connectivity index (χ1v) is 11.8. The molecule has 0 bridgehead atoms. The molecule has 2 N–H and O–H groups in total. The lowest BCUT2D eigenvalue weighted by Gasteiger charge is -2.20.